The average Bonchev–Trinajstić information content (AvgIpc) is 2.60. The van der Waals surface area contributed by atoms with E-state index in [2.05, 4.69) is 20.9 Å². The van der Waals surface area contributed by atoms with Gasteiger partial charge in [-0.1, -0.05) is 30.3 Å². The Morgan fingerprint density at radius 1 is 1.08 bits per heavy atom. The van der Waals surface area contributed by atoms with Gasteiger partial charge >= 0.3 is 0 Å². The van der Waals surface area contributed by atoms with E-state index in [1.165, 1.54) is 0 Å². The van der Waals surface area contributed by atoms with Crippen LogP contribution in [-0.4, -0.2) is 44.7 Å². The van der Waals surface area contributed by atoms with Gasteiger partial charge < -0.3 is 20.7 Å². The number of hydrogen-bond acceptors (Lipinski definition) is 3. The first-order valence-electron chi connectivity index (χ1n) is 8.91. The standard InChI is InChI=1S/C19H32N4O2/c1-5-20-17(24)19(3,4)15-23-18(21-6-2)22-12-13-25-14-16-10-8-7-9-11-16/h7-11H,5-6,12-15H2,1-4H3,(H,20,24)(H2,21,22,23). The number of hydrogen-bond donors (Lipinski definition) is 3. The lowest BCUT2D eigenvalue weighted by molar-refractivity contribution is -0.128. The molecule has 0 aliphatic rings. The Labute approximate surface area is 151 Å². The highest BCUT2D eigenvalue weighted by Crippen LogP contribution is 2.15. The summed E-state index contributed by atoms with van der Waals surface area (Å²) >= 11 is 0. The van der Waals surface area contributed by atoms with Crippen molar-refractivity contribution in [2.45, 2.75) is 34.3 Å². The number of benzene rings is 1. The number of ether oxygens (including phenoxy) is 1. The molecule has 1 amide bonds. The van der Waals surface area contributed by atoms with E-state index >= 15 is 0 Å². The van der Waals surface area contributed by atoms with Crippen LogP contribution >= 0.6 is 0 Å². The summed E-state index contributed by atoms with van der Waals surface area (Å²) in [6.07, 6.45) is 0. The quantitative estimate of drug-likeness (QED) is 0.343. The van der Waals surface area contributed by atoms with Gasteiger partial charge in [-0.15, -0.1) is 0 Å². The average molecular weight is 348 g/mol. The first kappa shape index (κ1) is 21.0. The zero-order chi connectivity index (χ0) is 18.5. The topological polar surface area (TPSA) is 74.8 Å². The summed E-state index contributed by atoms with van der Waals surface area (Å²) in [4.78, 5) is 16.6. The zero-order valence-electron chi connectivity index (χ0n) is 15.9. The van der Waals surface area contributed by atoms with Crippen LogP contribution < -0.4 is 16.0 Å². The number of nitrogens with zero attached hydrogens (tertiary/aromatic N) is 1. The van der Waals surface area contributed by atoms with E-state index in [1.807, 2.05) is 58.0 Å². The number of guanidine groups is 1. The third-order valence-electron chi connectivity index (χ3n) is 3.58. The molecule has 0 fully saturated rings. The second kappa shape index (κ2) is 11.5. The summed E-state index contributed by atoms with van der Waals surface area (Å²) in [6.45, 7) is 11.4. The SMILES string of the molecule is CCNC(=O)C(C)(C)CN=C(NCC)NCCOCc1ccccc1. The van der Waals surface area contributed by atoms with Crippen LogP contribution in [0, 0.1) is 5.41 Å². The molecular formula is C19H32N4O2. The minimum atomic E-state index is -0.540. The highest BCUT2D eigenvalue weighted by Gasteiger charge is 2.26. The number of amides is 1. The number of rotatable bonds is 10. The van der Waals surface area contributed by atoms with Crippen LogP contribution in [0.5, 0.6) is 0 Å². The normalized spacial score (nSPS) is 11.9. The van der Waals surface area contributed by atoms with E-state index in [4.69, 9.17) is 4.74 Å². The predicted octanol–water partition coefficient (Wildman–Crippen LogP) is 1.92. The summed E-state index contributed by atoms with van der Waals surface area (Å²) in [5.74, 6) is 0.712. The molecule has 0 aliphatic carbocycles. The molecule has 0 atom stereocenters. The van der Waals surface area contributed by atoms with Crippen LogP contribution in [0.2, 0.25) is 0 Å². The summed E-state index contributed by atoms with van der Waals surface area (Å²) in [6, 6.07) is 10.1. The summed E-state index contributed by atoms with van der Waals surface area (Å²) < 4.78 is 5.65. The Balaban J connectivity index is 2.38. The molecule has 0 saturated heterocycles. The maximum absolute atomic E-state index is 12.0. The monoisotopic (exact) mass is 348 g/mol. The van der Waals surface area contributed by atoms with E-state index in [-0.39, 0.29) is 5.91 Å². The maximum Gasteiger partial charge on any atom is 0.227 e. The molecule has 25 heavy (non-hydrogen) atoms. The van der Waals surface area contributed by atoms with Gasteiger partial charge in [-0.3, -0.25) is 9.79 Å². The summed E-state index contributed by atoms with van der Waals surface area (Å²) in [5, 5.41) is 9.27. The third-order valence-corrected chi connectivity index (χ3v) is 3.58. The van der Waals surface area contributed by atoms with Crippen LogP contribution in [0.1, 0.15) is 33.3 Å². The van der Waals surface area contributed by atoms with Crippen molar-refractivity contribution in [2.24, 2.45) is 10.4 Å². The van der Waals surface area contributed by atoms with Gasteiger partial charge in [-0.05, 0) is 33.3 Å². The van der Waals surface area contributed by atoms with E-state index < -0.39 is 5.41 Å². The fraction of sp³-hybridized carbons (Fsp3) is 0.579. The Kier molecular flexibility index (Phi) is 9.62. The number of carbonyl (C=O) groups excluding carboxylic acids is 1. The molecular weight excluding hydrogens is 316 g/mol. The fourth-order valence-corrected chi connectivity index (χ4v) is 2.10. The Hall–Kier alpha value is -2.08. The van der Waals surface area contributed by atoms with Crippen LogP contribution in [0.25, 0.3) is 0 Å². The van der Waals surface area contributed by atoms with Crippen molar-refractivity contribution < 1.29 is 9.53 Å². The third kappa shape index (κ3) is 8.54. The first-order chi connectivity index (χ1) is 12.0. The lowest BCUT2D eigenvalue weighted by Gasteiger charge is -2.22. The number of nitrogens with one attached hydrogen (secondary N) is 3. The lowest BCUT2D eigenvalue weighted by atomic mass is 9.92. The Morgan fingerprint density at radius 2 is 1.76 bits per heavy atom. The van der Waals surface area contributed by atoms with E-state index in [1.54, 1.807) is 0 Å². The molecule has 1 rings (SSSR count). The molecule has 0 saturated carbocycles. The Morgan fingerprint density at radius 3 is 2.40 bits per heavy atom. The molecule has 140 valence electrons. The zero-order valence-corrected chi connectivity index (χ0v) is 15.9. The molecule has 0 spiro atoms. The second-order valence-corrected chi connectivity index (χ2v) is 6.40. The van der Waals surface area contributed by atoms with Crippen molar-refractivity contribution in [2.75, 3.05) is 32.8 Å². The molecule has 6 heteroatoms. The van der Waals surface area contributed by atoms with Crippen molar-refractivity contribution in [3.05, 3.63) is 35.9 Å². The number of aliphatic imine (C=N–C) groups is 1. The fourth-order valence-electron chi connectivity index (χ4n) is 2.10. The molecule has 6 nitrogen and oxygen atoms in total. The van der Waals surface area contributed by atoms with Gasteiger partial charge in [0.2, 0.25) is 5.91 Å². The van der Waals surface area contributed by atoms with Gasteiger partial charge in [0.15, 0.2) is 5.96 Å². The lowest BCUT2D eigenvalue weighted by Crippen LogP contribution is -2.42. The molecule has 0 radical (unpaired) electrons. The minimum absolute atomic E-state index is 0.0146. The van der Waals surface area contributed by atoms with Crippen LogP contribution in [0.3, 0.4) is 0 Å². The Bertz CT molecular complexity index is 529. The largest absolute Gasteiger partial charge is 0.375 e. The highest BCUT2D eigenvalue weighted by molar-refractivity contribution is 5.83. The van der Waals surface area contributed by atoms with Crippen molar-refractivity contribution >= 4 is 11.9 Å². The van der Waals surface area contributed by atoms with E-state index in [0.717, 1.165) is 12.1 Å². The predicted molar refractivity (Wildman–Crippen MR) is 103 cm³/mol. The van der Waals surface area contributed by atoms with E-state index in [9.17, 15) is 4.79 Å². The minimum Gasteiger partial charge on any atom is -0.375 e. The molecule has 0 bridgehead atoms. The van der Waals surface area contributed by atoms with Gasteiger partial charge in [0, 0.05) is 19.6 Å². The molecule has 0 aliphatic heterocycles. The maximum atomic E-state index is 12.0. The molecule has 1 aromatic rings. The van der Waals surface area contributed by atoms with Crippen LogP contribution in [0.4, 0.5) is 0 Å². The molecule has 0 heterocycles. The van der Waals surface area contributed by atoms with Gasteiger partial charge in [-0.25, -0.2) is 0 Å². The van der Waals surface area contributed by atoms with E-state index in [0.29, 0.717) is 38.8 Å². The van der Waals surface area contributed by atoms with Gasteiger partial charge in [-0.2, -0.15) is 0 Å². The first-order valence-corrected chi connectivity index (χ1v) is 8.91. The van der Waals surface area contributed by atoms with Gasteiger partial charge in [0.05, 0.1) is 25.2 Å². The molecule has 3 N–H and O–H groups in total. The second-order valence-electron chi connectivity index (χ2n) is 6.40. The van der Waals surface area contributed by atoms with Crippen molar-refractivity contribution in [1.82, 2.24) is 16.0 Å². The molecule has 1 aromatic carbocycles. The van der Waals surface area contributed by atoms with Crippen molar-refractivity contribution in [1.29, 1.82) is 0 Å². The van der Waals surface area contributed by atoms with Gasteiger partial charge in [0.25, 0.3) is 0 Å². The van der Waals surface area contributed by atoms with Crippen LogP contribution in [0.15, 0.2) is 35.3 Å². The van der Waals surface area contributed by atoms with Gasteiger partial charge in [0.1, 0.15) is 0 Å². The molecule has 0 aromatic heterocycles. The highest BCUT2D eigenvalue weighted by atomic mass is 16.5. The molecule has 0 unspecified atom stereocenters. The van der Waals surface area contributed by atoms with Crippen LogP contribution in [-0.2, 0) is 16.1 Å². The van der Waals surface area contributed by atoms with Crippen molar-refractivity contribution in [3.8, 4) is 0 Å². The van der Waals surface area contributed by atoms with Crippen molar-refractivity contribution in [3.63, 3.8) is 0 Å². The number of carbonyl (C=O) groups is 1. The summed E-state index contributed by atoms with van der Waals surface area (Å²) in [5.41, 5.74) is 0.620. The smallest absolute Gasteiger partial charge is 0.227 e. The summed E-state index contributed by atoms with van der Waals surface area (Å²) in [7, 11) is 0.